The first kappa shape index (κ1) is 16.0. The maximum Gasteiger partial charge on any atom is 0.253 e. The Kier molecular flexibility index (Phi) is 4.36. The van der Waals surface area contributed by atoms with E-state index >= 15 is 0 Å². The van der Waals surface area contributed by atoms with Gasteiger partial charge in [-0.3, -0.25) is 9.78 Å². The molecule has 6 heteroatoms. The van der Waals surface area contributed by atoms with E-state index in [2.05, 4.69) is 20.2 Å². The standard InChI is InChI=1S/C19H20N4OS/c1-13-5-6-14-3-2-4-16(17(14)21-13)18(24)22-15-7-10-23(11-8-15)19-20-9-12-25-19/h2-6,9,12,15H,7-8,10-11H2,1H3,(H,22,24). The lowest BCUT2D eigenvalue weighted by molar-refractivity contribution is 0.0932. The van der Waals surface area contributed by atoms with E-state index < -0.39 is 0 Å². The highest BCUT2D eigenvalue weighted by molar-refractivity contribution is 7.13. The normalized spacial score (nSPS) is 15.5. The Balaban J connectivity index is 1.45. The van der Waals surface area contributed by atoms with E-state index in [4.69, 9.17) is 0 Å². The number of carbonyl (C=O) groups is 1. The predicted molar refractivity (Wildman–Crippen MR) is 101 cm³/mol. The number of fused-ring (bicyclic) bond motifs is 1. The van der Waals surface area contributed by atoms with Gasteiger partial charge in [-0.05, 0) is 31.9 Å². The van der Waals surface area contributed by atoms with E-state index in [0.717, 1.165) is 47.7 Å². The summed E-state index contributed by atoms with van der Waals surface area (Å²) in [5.41, 5.74) is 2.35. The molecule has 1 amide bonds. The van der Waals surface area contributed by atoms with Crippen LogP contribution in [0.4, 0.5) is 5.13 Å². The van der Waals surface area contributed by atoms with Crippen LogP contribution in [0.5, 0.6) is 0 Å². The smallest absolute Gasteiger partial charge is 0.253 e. The molecule has 3 heterocycles. The number of nitrogens with one attached hydrogen (secondary N) is 1. The van der Waals surface area contributed by atoms with Crippen LogP contribution in [-0.4, -0.2) is 35.0 Å². The molecule has 0 radical (unpaired) electrons. The number of para-hydroxylation sites is 1. The molecule has 1 aliphatic heterocycles. The summed E-state index contributed by atoms with van der Waals surface area (Å²) < 4.78 is 0. The topological polar surface area (TPSA) is 58.1 Å². The first-order valence-electron chi connectivity index (χ1n) is 8.52. The third-order valence-corrected chi connectivity index (χ3v) is 5.46. The summed E-state index contributed by atoms with van der Waals surface area (Å²) in [6.45, 7) is 3.79. The van der Waals surface area contributed by atoms with Gasteiger partial charge in [0.15, 0.2) is 5.13 Å². The number of benzene rings is 1. The van der Waals surface area contributed by atoms with Gasteiger partial charge in [0.25, 0.3) is 5.91 Å². The van der Waals surface area contributed by atoms with Gasteiger partial charge in [-0.1, -0.05) is 18.2 Å². The molecule has 0 saturated carbocycles. The van der Waals surface area contributed by atoms with E-state index in [1.165, 1.54) is 0 Å². The minimum atomic E-state index is -0.0311. The molecule has 5 nitrogen and oxygen atoms in total. The number of nitrogens with zero attached hydrogens (tertiary/aromatic N) is 3. The highest BCUT2D eigenvalue weighted by atomic mass is 32.1. The van der Waals surface area contributed by atoms with Crippen molar-refractivity contribution in [1.29, 1.82) is 0 Å². The van der Waals surface area contributed by atoms with E-state index in [9.17, 15) is 4.79 Å². The Morgan fingerprint density at radius 1 is 1.24 bits per heavy atom. The van der Waals surface area contributed by atoms with Gasteiger partial charge in [0.05, 0.1) is 11.1 Å². The van der Waals surface area contributed by atoms with Crippen molar-refractivity contribution in [2.24, 2.45) is 0 Å². The number of anilines is 1. The molecule has 0 spiro atoms. The zero-order chi connectivity index (χ0) is 17.2. The van der Waals surface area contributed by atoms with Gasteiger partial charge in [-0.25, -0.2) is 4.98 Å². The molecule has 3 aromatic rings. The second kappa shape index (κ2) is 6.80. The van der Waals surface area contributed by atoms with Gasteiger partial charge >= 0.3 is 0 Å². The molecule has 4 rings (SSSR count). The Morgan fingerprint density at radius 3 is 2.84 bits per heavy atom. The number of piperidine rings is 1. The fourth-order valence-corrected chi connectivity index (χ4v) is 3.98. The molecule has 0 unspecified atom stereocenters. The summed E-state index contributed by atoms with van der Waals surface area (Å²) in [7, 11) is 0. The van der Waals surface area contributed by atoms with Crippen molar-refractivity contribution in [3.8, 4) is 0 Å². The van der Waals surface area contributed by atoms with Gasteiger partial charge in [0.1, 0.15) is 0 Å². The lowest BCUT2D eigenvalue weighted by Crippen LogP contribution is -2.44. The second-order valence-electron chi connectivity index (χ2n) is 6.38. The summed E-state index contributed by atoms with van der Waals surface area (Å²) >= 11 is 1.66. The molecular weight excluding hydrogens is 332 g/mol. The van der Waals surface area contributed by atoms with Crippen molar-refractivity contribution in [3.63, 3.8) is 0 Å². The summed E-state index contributed by atoms with van der Waals surface area (Å²) in [6, 6.07) is 9.95. The maximum absolute atomic E-state index is 12.8. The Hall–Kier alpha value is -2.47. The van der Waals surface area contributed by atoms with Crippen molar-refractivity contribution < 1.29 is 4.79 Å². The summed E-state index contributed by atoms with van der Waals surface area (Å²) in [6.07, 6.45) is 3.70. The van der Waals surface area contributed by atoms with Crippen LogP contribution in [0.15, 0.2) is 41.9 Å². The number of thiazole rings is 1. The van der Waals surface area contributed by atoms with E-state index in [0.29, 0.717) is 5.56 Å². The van der Waals surface area contributed by atoms with Gasteiger partial charge in [-0.2, -0.15) is 0 Å². The lowest BCUT2D eigenvalue weighted by atomic mass is 10.0. The fraction of sp³-hybridized carbons (Fsp3) is 0.316. The highest BCUT2D eigenvalue weighted by Crippen LogP contribution is 2.23. The first-order valence-corrected chi connectivity index (χ1v) is 9.40. The molecule has 128 valence electrons. The Morgan fingerprint density at radius 2 is 2.08 bits per heavy atom. The number of amides is 1. The number of rotatable bonds is 3. The average molecular weight is 352 g/mol. The minimum absolute atomic E-state index is 0.0311. The fourth-order valence-electron chi connectivity index (χ4n) is 3.28. The molecule has 1 N–H and O–H groups in total. The third kappa shape index (κ3) is 3.35. The number of aryl methyl sites for hydroxylation is 1. The average Bonchev–Trinajstić information content (AvgIpc) is 3.16. The lowest BCUT2D eigenvalue weighted by Gasteiger charge is -2.32. The predicted octanol–water partition coefficient (Wildman–Crippen LogP) is 3.40. The number of hydrogen-bond donors (Lipinski definition) is 1. The molecule has 1 saturated heterocycles. The summed E-state index contributed by atoms with van der Waals surface area (Å²) in [5.74, 6) is -0.0311. The van der Waals surface area contributed by atoms with Crippen LogP contribution in [0, 0.1) is 6.92 Å². The van der Waals surface area contributed by atoms with Crippen LogP contribution < -0.4 is 10.2 Å². The van der Waals surface area contributed by atoms with Crippen LogP contribution in [0.3, 0.4) is 0 Å². The molecule has 0 atom stereocenters. The van der Waals surface area contributed by atoms with Crippen molar-refractivity contribution in [2.45, 2.75) is 25.8 Å². The largest absolute Gasteiger partial charge is 0.349 e. The van der Waals surface area contributed by atoms with Crippen molar-refractivity contribution >= 4 is 33.3 Å². The van der Waals surface area contributed by atoms with Gasteiger partial charge in [0, 0.05) is 41.8 Å². The SMILES string of the molecule is Cc1ccc2cccc(C(=O)NC3CCN(c4nccs4)CC3)c2n1. The quantitative estimate of drug-likeness (QED) is 0.785. The molecule has 2 aromatic heterocycles. The zero-order valence-electron chi connectivity index (χ0n) is 14.1. The molecule has 1 fully saturated rings. The van der Waals surface area contributed by atoms with Gasteiger partial charge in [-0.15, -0.1) is 11.3 Å². The monoisotopic (exact) mass is 352 g/mol. The van der Waals surface area contributed by atoms with E-state index in [1.54, 1.807) is 11.3 Å². The molecule has 0 aliphatic carbocycles. The van der Waals surface area contributed by atoms with Crippen LogP contribution in [0.1, 0.15) is 28.9 Å². The van der Waals surface area contributed by atoms with Gasteiger partial charge in [0.2, 0.25) is 0 Å². The van der Waals surface area contributed by atoms with E-state index in [1.807, 2.05) is 48.8 Å². The van der Waals surface area contributed by atoms with Crippen LogP contribution in [0.2, 0.25) is 0 Å². The Labute approximate surface area is 150 Å². The second-order valence-corrected chi connectivity index (χ2v) is 7.25. The zero-order valence-corrected chi connectivity index (χ0v) is 14.9. The van der Waals surface area contributed by atoms with Crippen molar-refractivity contribution in [3.05, 3.63) is 53.2 Å². The summed E-state index contributed by atoms with van der Waals surface area (Å²) in [5, 5.41) is 7.25. The molecular formula is C19H20N4OS. The Bertz CT molecular complexity index is 886. The molecule has 1 aromatic carbocycles. The summed E-state index contributed by atoms with van der Waals surface area (Å²) in [4.78, 5) is 24.0. The van der Waals surface area contributed by atoms with Gasteiger partial charge < -0.3 is 10.2 Å². The molecule has 1 aliphatic rings. The minimum Gasteiger partial charge on any atom is -0.349 e. The number of carbonyl (C=O) groups excluding carboxylic acids is 1. The number of hydrogen-bond acceptors (Lipinski definition) is 5. The number of pyridine rings is 1. The van der Waals surface area contributed by atoms with Crippen molar-refractivity contribution in [1.82, 2.24) is 15.3 Å². The van der Waals surface area contributed by atoms with E-state index in [-0.39, 0.29) is 11.9 Å². The van der Waals surface area contributed by atoms with Crippen LogP contribution >= 0.6 is 11.3 Å². The third-order valence-electron chi connectivity index (χ3n) is 4.62. The molecule has 0 bridgehead atoms. The van der Waals surface area contributed by atoms with Crippen LogP contribution in [-0.2, 0) is 0 Å². The van der Waals surface area contributed by atoms with Crippen LogP contribution in [0.25, 0.3) is 10.9 Å². The highest BCUT2D eigenvalue weighted by Gasteiger charge is 2.23. The maximum atomic E-state index is 12.8. The van der Waals surface area contributed by atoms with Crippen molar-refractivity contribution in [2.75, 3.05) is 18.0 Å². The number of aromatic nitrogens is 2. The first-order chi connectivity index (χ1) is 12.2. The molecule has 25 heavy (non-hydrogen) atoms.